The summed E-state index contributed by atoms with van der Waals surface area (Å²) in [5.41, 5.74) is 0.362. The van der Waals surface area contributed by atoms with Gasteiger partial charge in [-0.05, 0) is 17.9 Å². The zero-order valence-electron chi connectivity index (χ0n) is 10.8. The van der Waals surface area contributed by atoms with Crippen LogP contribution in [0.25, 0.3) is 10.8 Å². The second kappa shape index (κ2) is 6.09. The maximum absolute atomic E-state index is 12.2. The van der Waals surface area contributed by atoms with Gasteiger partial charge in [-0.3, -0.25) is 9.78 Å². The highest BCUT2D eigenvalue weighted by Gasteiger charge is 2.15. The van der Waals surface area contributed by atoms with Crippen molar-refractivity contribution in [3.05, 3.63) is 42.2 Å². The molecule has 0 aliphatic heterocycles. The van der Waals surface area contributed by atoms with Crippen LogP contribution in [0.15, 0.2) is 36.5 Å². The van der Waals surface area contributed by atoms with Gasteiger partial charge in [0.1, 0.15) is 12.0 Å². The summed E-state index contributed by atoms with van der Waals surface area (Å²) < 4.78 is 0. The Labute approximate surface area is 111 Å². The molecule has 4 nitrogen and oxygen atoms in total. The van der Waals surface area contributed by atoms with E-state index in [2.05, 4.69) is 10.3 Å². The van der Waals surface area contributed by atoms with Crippen LogP contribution in [0, 0.1) is 0 Å². The first-order chi connectivity index (χ1) is 9.26. The molecule has 0 bridgehead atoms. The Kier molecular flexibility index (Phi) is 4.23. The summed E-state index contributed by atoms with van der Waals surface area (Å²) >= 11 is 0. The molecule has 98 valence electrons. The molecule has 2 rings (SSSR count). The summed E-state index contributed by atoms with van der Waals surface area (Å²) in [5, 5.41) is 4.46. The fraction of sp³-hybridized carbons (Fsp3) is 0.267. The number of pyridine rings is 1. The number of nitrogens with one attached hydrogen (secondary N) is 1. The van der Waals surface area contributed by atoms with Crippen molar-refractivity contribution in [2.24, 2.45) is 0 Å². The van der Waals surface area contributed by atoms with E-state index in [1.165, 1.54) is 0 Å². The van der Waals surface area contributed by atoms with Crippen LogP contribution in [0.1, 0.15) is 30.3 Å². The van der Waals surface area contributed by atoms with Crippen LogP contribution >= 0.6 is 0 Å². The van der Waals surface area contributed by atoms with Gasteiger partial charge in [0.05, 0.1) is 6.04 Å². The second-order valence-electron chi connectivity index (χ2n) is 4.39. The minimum atomic E-state index is -0.446. The van der Waals surface area contributed by atoms with E-state index in [0.717, 1.165) is 23.5 Å². The lowest BCUT2D eigenvalue weighted by molar-refractivity contribution is -0.109. The summed E-state index contributed by atoms with van der Waals surface area (Å²) in [7, 11) is 0. The maximum Gasteiger partial charge on any atom is 0.271 e. The lowest BCUT2D eigenvalue weighted by Crippen LogP contribution is -2.36. The van der Waals surface area contributed by atoms with Gasteiger partial charge in [0.15, 0.2) is 0 Å². The molecule has 4 heteroatoms. The molecule has 0 saturated carbocycles. The van der Waals surface area contributed by atoms with E-state index >= 15 is 0 Å². The SMILES string of the molecule is CCCC(C=O)NC(=O)c1nccc2ccccc12. The topological polar surface area (TPSA) is 59.1 Å². The third-order valence-corrected chi connectivity index (χ3v) is 2.97. The number of fused-ring (bicyclic) bond motifs is 1. The van der Waals surface area contributed by atoms with Gasteiger partial charge in [-0.2, -0.15) is 0 Å². The number of hydrogen-bond acceptors (Lipinski definition) is 3. The lowest BCUT2D eigenvalue weighted by atomic mass is 10.1. The molecule has 0 aliphatic rings. The van der Waals surface area contributed by atoms with Gasteiger partial charge in [-0.15, -0.1) is 0 Å². The highest BCUT2D eigenvalue weighted by Crippen LogP contribution is 2.16. The Balaban J connectivity index is 2.28. The van der Waals surface area contributed by atoms with Crippen molar-refractivity contribution in [1.82, 2.24) is 10.3 Å². The van der Waals surface area contributed by atoms with Gasteiger partial charge in [-0.25, -0.2) is 0 Å². The molecule has 1 aromatic heterocycles. The third kappa shape index (κ3) is 2.96. The van der Waals surface area contributed by atoms with Crippen molar-refractivity contribution in [3.63, 3.8) is 0 Å². The highest BCUT2D eigenvalue weighted by molar-refractivity contribution is 6.05. The molecular weight excluding hydrogens is 240 g/mol. The highest BCUT2D eigenvalue weighted by atomic mass is 16.2. The fourth-order valence-electron chi connectivity index (χ4n) is 2.02. The Bertz CT molecular complexity index is 590. The number of aromatic nitrogens is 1. The average Bonchev–Trinajstić information content (AvgIpc) is 2.46. The van der Waals surface area contributed by atoms with Gasteiger partial charge in [-0.1, -0.05) is 37.6 Å². The zero-order valence-corrected chi connectivity index (χ0v) is 10.8. The molecule has 0 radical (unpaired) electrons. The number of rotatable bonds is 5. The first-order valence-corrected chi connectivity index (χ1v) is 6.36. The molecule has 1 N–H and O–H groups in total. The van der Waals surface area contributed by atoms with Gasteiger partial charge in [0.2, 0.25) is 0 Å². The quantitative estimate of drug-likeness (QED) is 0.835. The number of hydrogen-bond donors (Lipinski definition) is 1. The molecule has 1 unspecified atom stereocenters. The van der Waals surface area contributed by atoms with Crippen LogP contribution < -0.4 is 5.32 Å². The minimum absolute atomic E-state index is 0.303. The first kappa shape index (κ1) is 13.2. The third-order valence-electron chi connectivity index (χ3n) is 2.97. The van der Waals surface area contributed by atoms with Crippen LogP contribution in [0.5, 0.6) is 0 Å². The number of aldehydes is 1. The van der Waals surface area contributed by atoms with Crippen molar-refractivity contribution >= 4 is 23.0 Å². The summed E-state index contributed by atoms with van der Waals surface area (Å²) in [6.45, 7) is 1.97. The van der Waals surface area contributed by atoms with Crippen LogP contribution in [-0.4, -0.2) is 23.2 Å². The zero-order chi connectivity index (χ0) is 13.7. The second-order valence-corrected chi connectivity index (χ2v) is 4.39. The predicted molar refractivity (Wildman–Crippen MR) is 74.0 cm³/mol. The maximum atomic E-state index is 12.2. The Morgan fingerprint density at radius 1 is 1.37 bits per heavy atom. The van der Waals surface area contributed by atoms with E-state index in [9.17, 15) is 9.59 Å². The van der Waals surface area contributed by atoms with E-state index in [1.54, 1.807) is 6.20 Å². The number of benzene rings is 1. The van der Waals surface area contributed by atoms with Crippen LogP contribution in [0.4, 0.5) is 0 Å². The molecule has 1 aromatic carbocycles. The van der Waals surface area contributed by atoms with E-state index in [0.29, 0.717) is 12.1 Å². The van der Waals surface area contributed by atoms with Crippen molar-refractivity contribution in [1.29, 1.82) is 0 Å². The number of carbonyl (C=O) groups is 2. The van der Waals surface area contributed by atoms with Crippen molar-refractivity contribution < 1.29 is 9.59 Å². The summed E-state index contributed by atoms with van der Waals surface area (Å²) in [6.07, 6.45) is 3.85. The molecule has 1 atom stereocenters. The smallest absolute Gasteiger partial charge is 0.271 e. The molecule has 0 aliphatic carbocycles. The average molecular weight is 256 g/mol. The van der Waals surface area contributed by atoms with E-state index in [1.807, 2.05) is 37.3 Å². The summed E-state index contributed by atoms with van der Waals surface area (Å²) in [5.74, 6) is -0.303. The number of nitrogens with zero attached hydrogens (tertiary/aromatic N) is 1. The number of amides is 1. The van der Waals surface area contributed by atoms with Gasteiger partial charge >= 0.3 is 0 Å². The van der Waals surface area contributed by atoms with Crippen LogP contribution in [0.3, 0.4) is 0 Å². The normalized spacial score (nSPS) is 12.1. The fourth-order valence-corrected chi connectivity index (χ4v) is 2.02. The van der Waals surface area contributed by atoms with Gasteiger partial charge < -0.3 is 10.1 Å². The molecule has 2 aromatic rings. The molecule has 19 heavy (non-hydrogen) atoms. The monoisotopic (exact) mass is 256 g/mol. The largest absolute Gasteiger partial charge is 0.341 e. The molecule has 1 heterocycles. The standard InChI is InChI=1S/C15H16N2O2/c1-2-5-12(10-18)17-15(19)14-13-7-4-3-6-11(13)8-9-16-14/h3-4,6-10,12H,2,5H2,1H3,(H,17,19). The van der Waals surface area contributed by atoms with E-state index in [-0.39, 0.29) is 5.91 Å². The summed E-state index contributed by atoms with van der Waals surface area (Å²) in [4.78, 5) is 27.2. The van der Waals surface area contributed by atoms with Crippen molar-refractivity contribution in [2.45, 2.75) is 25.8 Å². The van der Waals surface area contributed by atoms with Crippen LogP contribution in [-0.2, 0) is 4.79 Å². The molecular formula is C15H16N2O2. The molecule has 0 saturated heterocycles. The summed E-state index contributed by atoms with van der Waals surface area (Å²) in [6, 6.07) is 8.97. The minimum Gasteiger partial charge on any atom is -0.341 e. The molecule has 0 fully saturated rings. The first-order valence-electron chi connectivity index (χ1n) is 6.36. The van der Waals surface area contributed by atoms with E-state index < -0.39 is 6.04 Å². The van der Waals surface area contributed by atoms with Gasteiger partial charge in [0, 0.05) is 11.6 Å². The van der Waals surface area contributed by atoms with Crippen LogP contribution in [0.2, 0.25) is 0 Å². The molecule has 1 amide bonds. The predicted octanol–water partition coefficient (Wildman–Crippen LogP) is 2.33. The Morgan fingerprint density at radius 2 is 2.16 bits per heavy atom. The Morgan fingerprint density at radius 3 is 2.89 bits per heavy atom. The van der Waals surface area contributed by atoms with Gasteiger partial charge in [0.25, 0.3) is 5.91 Å². The Hall–Kier alpha value is -2.23. The molecule has 0 spiro atoms. The van der Waals surface area contributed by atoms with E-state index in [4.69, 9.17) is 0 Å². The lowest BCUT2D eigenvalue weighted by Gasteiger charge is -2.12. The van der Waals surface area contributed by atoms with Crippen molar-refractivity contribution in [2.75, 3.05) is 0 Å². The van der Waals surface area contributed by atoms with Crippen molar-refractivity contribution in [3.8, 4) is 0 Å². The number of carbonyl (C=O) groups excluding carboxylic acids is 2.